The number of carbonyl (C=O) groups excluding carboxylic acids is 3. The van der Waals surface area contributed by atoms with Gasteiger partial charge in [0.05, 0.1) is 24.8 Å². The fourth-order valence-electron chi connectivity index (χ4n) is 2.85. The number of aromatic nitrogens is 2. The molecule has 28 heavy (non-hydrogen) atoms. The number of carbonyl (C=O) groups is 3. The average molecular weight is 386 g/mol. The molecule has 0 aliphatic carbocycles. The van der Waals surface area contributed by atoms with Crippen LogP contribution in [0.5, 0.6) is 0 Å². The summed E-state index contributed by atoms with van der Waals surface area (Å²) >= 11 is 0. The number of ether oxygens (including phenoxy) is 1. The molecule has 0 saturated carbocycles. The van der Waals surface area contributed by atoms with E-state index in [-0.39, 0.29) is 23.7 Å². The van der Waals surface area contributed by atoms with Gasteiger partial charge in [0, 0.05) is 31.9 Å². The van der Waals surface area contributed by atoms with Crippen molar-refractivity contribution in [3.8, 4) is 0 Å². The molecule has 0 fully saturated rings. The van der Waals surface area contributed by atoms with E-state index in [4.69, 9.17) is 4.74 Å². The molecule has 2 aromatic heterocycles. The molecule has 0 spiro atoms. The number of aryl methyl sites for hydroxylation is 1. The molecule has 0 aliphatic rings. The summed E-state index contributed by atoms with van der Waals surface area (Å²) in [5.41, 5.74) is 2.54. The topological polar surface area (TPSA) is 113 Å². The van der Waals surface area contributed by atoms with Crippen LogP contribution in [0.3, 0.4) is 0 Å². The number of Topliss-reactive ketones (excluding diaryl/α,β-unsaturated/α-hetero) is 1. The Hall–Kier alpha value is -3.16. The van der Waals surface area contributed by atoms with Crippen molar-refractivity contribution in [2.24, 2.45) is 0 Å². The van der Waals surface area contributed by atoms with Crippen molar-refractivity contribution in [3.63, 3.8) is 0 Å². The quantitative estimate of drug-likeness (QED) is 0.346. The van der Waals surface area contributed by atoms with Gasteiger partial charge >= 0.3 is 5.97 Å². The van der Waals surface area contributed by atoms with Gasteiger partial charge in [0.1, 0.15) is 5.82 Å². The summed E-state index contributed by atoms with van der Waals surface area (Å²) in [6.07, 6.45) is 2.47. The maximum absolute atomic E-state index is 12.2. The smallest absolute Gasteiger partial charge is 0.339 e. The highest BCUT2D eigenvalue weighted by molar-refractivity contribution is 6.01. The molecule has 0 atom stereocenters. The zero-order valence-corrected chi connectivity index (χ0v) is 16.6. The summed E-state index contributed by atoms with van der Waals surface area (Å²) in [6.45, 7) is 6.18. The number of esters is 1. The lowest BCUT2D eigenvalue weighted by molar-refractivity contribution is -0.120. The molecule has 0 radical (unpaired) electrons. The van der Waals surface area contributed by atoms with Gasteiger partial charge in [-0.25, -0.2) is 9.78 Å². The Morgan fingerprint density at radius 1 is 1.18 bits per heavy atom. The zero-order chi connectivity index (χ0) is 20.7. The maximum Gasteiger partial charge on any atom is 0.339 e. The van der Waals surface area contributed by atoms with Gasteiger partial charge in [0.15, 0.2) is 5.78 Å². The third-order valence-electron chi connectivity index (χ3n) is 4.30. The van der Waals surface area contributed by atoms with Crippen LogP contribution in [0.25, 0.3) is 0 Å². The molecule has 8 heteroatoms. The van der Waals surface area contributed by atoms with Crippen LogP contribution in [0, 0.1) is 13.8 Å². The van der Waals surface area contributed by atoms with Crippen molar-refractivity contribution in [2.75, 3.05) is 25.5 Å². The van der Waals surface area contributed by atoms with Gasteiger partial charge in [-0.3, -0.25) is 9.59 Å². The minimum atomic E-state index is -0.571. The van der Waals surface area contributed by atoms with E-state index in [0.717, 1.165) is 11.4 Å². The Morgan fingerprint density at radius 2 is 1.93 bits per heavy atom. The monoisotopic (exact) mass is 386 g/mol. The van der Waals surface area contributed by atoms with Gasteiger partial charge < -0.3 is 20.4 Å². The van der Waals surface area contributed by atoms with E-state index < -0.39 is 5.97 Å². The summed E-state index contributed by atoms with van der Waals surface area (Å²) in [5, 5.41) is 6.00. The second kappa shape index (κ2) is 9.68. The van der Waals surface area contributed by atoms with Crippen LogP contribution >= 0.6 is 0 Å². The normalized spacial score (nSPS) is 10.4. The first kappa shape index (κ1) is 21.1. The molecule has 2 heterocycles. The number of pyridine rings is 1. The summed E-state index contributed by atoms with van der Waals surface area (Å²) in [4.78, 5) is 43.1. The molecule has 2 rings (SSSR count). The number of methoxy groups -OCH3 is 1. The largest absolute Gasteiger partial charge is 0.465 e. The van der Waals surface area contributed by atoms with Crippen LogP contribution < -0.4 is 10.6 Å². The number of H-pyrrole nitrogens is 1. The number of ketones is 1. The van der Waals surface area contributed by atoms with E-state index in [1.807, 2.05) is 19.1 Å². The van der Waals surface area contributed by atoms with Crippen molar-refractivity contribution >= 4 is 23.5 Å². The van der Waals surface area contributed by atoms with Crippen molar-refractivity contribution < 1.29 is 19.1 Å². The predicted molar refractivity (Wildman–Crippen MR) is 106 cm³/mol. The third-order valence-corrected chi connectivity index (χ3v) is 4.30. The predicted octanol–water partition coefficient (Wildman–Crippen LogP) is 2.18. The van der Waals surface area contributed by atoms with Crippen LogP contribution in [0.2, 0.25) is 0 Å². The second-order valence-electron chi connectivity index (χ2n) is 6.55. The molecule has 3 N–H and O–H groups in total. The molecule has 0 saturated heterocycles. The summed E-state index contributed by atoms with van der Waals surface area (Å²) in [6, 6.07) is 3.88. The highest BCUT2D eigenvalue weighted by Crippen LogP contribution is 2.20. The first-order chi connectivity index (χ1) is 13.3. The Bertz CT molecular complexity index is 856. The van der Waals surface area contributed by atoms with Crippen LogP contribution in [0.15, 0.2) is 18.3 Å². The van der Waals surface area contributed by atoms with E-state index in [2.05, 4.69) is 20.6 Å². The number of anilines is 1. The first-order valence-electron chi connectivity index (χ1n) is 9.07. The van der Waals surface area contributed by atoms with Gasteiger partial charge in [-0.05, 0) is 37.5 Å². The van der Waals surface area contributed by atoms with Gasteiger partial charge in [-0.15, -0.1) is 0 Å². The van der Waals surface area contributed by atoms with Gasteiger partial charge in [0.2, 0.25) is 5.91 Å². The fourth-order valence-corrected chi connectivity index (χ4v) is 2.85. The zero-order valence-electron chi connectivity index (χ0n) is 16.6. The van der Waals surface area contributed by atoms with E-state index in [1.165, 1.54) is 14.0 Å². The molecular weight excluding hydrogens is 360 g/mol. The molecule has 2 aromatic rings. The molecule has 0 aliphatic heterocycles. The maximum atomic E-state index is 12.2. The molecular formula is C20H26N4O4. The summed E-state index contributed by atoms with van der Waals surface area (Å²) in [7, 11) is 1.27. The lowest BCUT2D eigenvalue weighted by Gasteiger charge is -2.08. The standard InChI is InChI=1S/C20H26N4O4/c1-12-6-7-16(23-11-12)21-8-5-9-22-17(26)10-15-18(20(27)28-4)13(2)19(24-15)14(3)25/h6-7,11,24H,5,8-10H2,1-4H3,(H,21,23)(H,22,26). The second-order valence-corrected chi connectivity index (χ2v) is 6.55. The average Bonchev–Trinajstić information content (AvgIpc) is 2.98. The Balaban J connectivity index is 1.87. The molecule has 150 valence electrons. The van der Waals surface area contributed by atoms with Gasteiger partial charge in [0.25, 0.3) is 0 Å². The van der Waals surface area contributed by atoms with Gasteiger partial charge in [-0.1, -0.05) is 6.07 Å². The van der Waals surface area contributed by atoms with E-state index in [0.29, 0.717) is 36.5 Å². The van der Waals surface area contributed by atoms with Crippen molar-refractivity contribution in [2.45, 2.75) is 33.6 Å². The number of nitrogens with zero attached hydrogens (tertiary/aromatic N) is 1. The van der Waals surface area contributed by atoms with Crippen LogP contribution in [-0.4, -0.2) is 47.8 Å². The van der Waals surface area contributed by atoms with Crippen molar-refractivity contribution in [1.29, 1.82) is 0 Å². The third kappa shape index (κ3) is 5.42. The lowest BCUT2D eigenvalue weighted by Crippen LogP contribution is -2.28. The van der Waals surface area contributed by atoms with Gasteiger partial charge in [-0.2, -0.15) is 0 Å². The van der Waals surface area contributed by atoms with Crippen LogP contribution in [0.1, 0.15) is 51.0 Å². The highest BCUT2D eigenvalue weighted by atomic mass is 16.5. The number of hydrogen-bond acceptors (Lipinski definition) is 6. The highest BCUT2D eigenvalue weighted by Gasteiger charge is 2.24. The number of aromatic amines is 1. The van der Waals surface area contributed by atoms with E-state index >= 15 is 0 Å². The van der Waals surface area contributed by atoms with Crippen molar-refractivity contribution in [3.05, 3.63) is 46.4 Å². The molecule has 8 nitrogen and oxygen atoms in total. The number of amides is 1. The molecule has 0 unspecified atom stereocenters. The van der Waals surface area contributed by atoms with E-state index in [9.17, 15) is 14.4 Å². The Kier molecular flexibility index (Phi) is 7.31. The molecule has 0 aromatic carbocycles. The Morgan fingerprint density at radius 3 is 2.54 bits per heavy atom. The van der Waals surface area contributed by atoms with Crippen LogP contribution in [0.4, 0.5) is 5.82 Å². The number of nitrogens with one attached hydrogen (secondary N) is 3. The minimum absolute atomic E-state index is 0.0362. The lowest BCUT2D eigenvalue weighted by atomic mass is 10.1. The fraction of sp³-hybridized carbons (Fsp3) is 0.400. The van der Waals surface area contributed by atoms with Crippen molar-refractivity contribution in [1.82, 2.24) is 15.3 Å². The molecule has 0 bridgehead atoms. The minimum Gasteiger partial charge on any atom is -0.465 e. The summed E-state index contributed by atoms with van der Waals surface area (Å²) in [5.74, 6) is -0.225. The van der Waals surface area contributed by atoms with E-state index in [1.54, 1.807) is 13.1 Å². The summed E-state index contributed by atoms with van der Waals surface area (Å²) < 4.78 is 4.78. The van der Waals surface area contributed by atoms with Crippen LogP contribution in [-0.2, 0) is 16.0 Å². The molecule has 1 amide bonds. The Labute approximate surface area is 164 Å². The first-order valence-corrected chi connectivity index (χ1v) is 9.07. The number of rotatable bonds is 9. The SMILES string of the molecule is COC(=O)c1c(CC(=O)NCCCNc2ccc(C)cn2)[nH]c(C(C)=O)c1C. The number of hydrogen-bond donors (Lipinski definition) is 3.